The summed E-state index contributed by atoms with van der Waals surface area (Å²) in [5, 5.41) is 18.9. The SMILES string of the molecule is Cc1ccc(CNC(=O)C(C#N)=Cc2cn[nH]c2-c2ccc(F)cc2)cc1. The van der Waals surface area contributed by atoms with Crippen molar-refractivity contribution in [2.75, 3.05) is 0 Å². The minimum atomic E-state index is -0.468. The molecule has 2 aromatic carbocycles. The quantitative estimate of drug-likeness (QED) is 0.537. The zero-order chi connectivity index (χ0) is 19.2. The molecule has 3 rings (SSSR count). The van der Waals surface area contributed by atoms with Crippen molar-refractivity contribution in [2.45, 2.75) is 13.5 Å². The number of aromatic nitrogens is 2. The maximum absolute atomic E-state index is 13.1. The van der Waals surface area contributed by atoms with Crippen molar-refractivity contribution < 1.29 is 9.18 Å². The highest BCUT2D eigenvalue weighted by molar-refractivity contribution is 6.02. The normalized spacial score (nSPS) is 11.1. The van der Waals surface area contributed by atoms with Crippen LogP contribution in [-0.4, -0.2) is 16.1 Å². The van der Waals surface area contributed by atoms with Crippen LogP contribution in [0.2, 0.25) is 0 Å². The summed E-state index contributed by atoms with van der Waals surface area (Å²) in [6.07, 6.45) is 2.98. The average Bonchev–Trinajstić information content (AvgIpc) is 3.14. The molecule has 5 nitrogen and oxygen atoms in total. The monoisotopic (exact) mass is 360 g/mol. The molecule has 0 fully saturated rings. The number of amides is 1. The van der Waals surface area contributed by atoms with E-state index in [0.29, 0.717) is 23.4 Å². The van der Waals surface area contributed by atoms with Gasteiger partial charge in [-0.1, -0.05) is 29.8 Å². The molecule has 27 heavy (non-hydrogen) atoms. The van der Waals surface area contributed by atoms with Crippen molar-refractivity contribution in [3.63, 3.8) is 0 Å². The molecule has 0 aliphatic carbocycles. The first-order chi connectivity index (χ1) is 13.1. The lowest BCUT2D eigenvalue weighted by Gasteiger charge is -2.05. The first-order valence-corrected chi connectivity index (χ1v) is 8.31. The molecule has 6 heteroatoms. The summed E-state index contributed by atoms with van der Waals surface area (Å²) >= 11 is 0. The van der Waals surface area contributed by atoms with Crippen molar-refractivity contribution >= 4 is 12.0 Å². The first-order valence-electron chi connectivity index (χ1n) is 8.31. The molecule has 1 aromatic heterocycles. The lowest BCUT2D eigenvalue weighted by molar-refractivity contribution is -0.117. The van der Waals surface area contributed by atoms with Crippen LogP contribution in [0.15, 0.2) is 60.3 Å². The second-order valence-electron chi connectivity index (χ2n) is 6.05. The summed E-state index contributed by atoms with van der Waals surface area (Å²) in [5.41, 5.74) is 3.93. The van der Waals surface area contributed by atoms with Gasteiger partial charge in [0.25, 0.3) is 5.91 Å². The van der Waals surface area contributed by atoms with E-state index in [1.807, 2.05) is 37.3 Å². The molecule has 0 unspecified atom stereocenters. The number of hydrogen-bond acceptors (Lipinski definition) is 3. The molecule has 1 heterocycles. The highest BCUT2D eigenvalue weighted by atomic mass is 19.1. The molecule has 0 atom stereocenters. The Morgan fingerprint density at radius 3 is 2.59 bits per heavy atom. The molecule has 0 radical (unpaired) electrons. The predicted molar refractivity (Wildman–Crippen MR) is 101 cm³/mol. The van der Waals surface area contributed by atoms with Crippen LogP contribution < -0.4 is 5.32 Å². The average molecular weight is 360 g/mol. The minimum absolute atomic E-state index is 0.0353. The van der Waals surface area contributed by atoms with Crippen LogP contribution in [0.1, 0.15) is 16.7 Å². The van der Waals surface area contributed by atoms with Gasteiger partial charge < -0.3 is 5.32 Å². The Hall–Kier alpha value is -3.72. The third-order valence-corrected chi connectivity index (χ3v) is 4.04. The zero-order valence-electron chi connectivity index (χ0n) is 14.7. The third kappa shape index (κ3) is 4.47. The van der Waals surface area contributed by atoms with Crippen LogP contribution in [-0.2, 0) is 11.3 Å². The van der Waals surface area contributed by atoms with Gasteiger partial charge in [0.1, 0.15) is 17.5 Å². The highest BCUT2D eigenvalue weighted by Crippen LogP contribution is 2.23. The Morgan fingerprint density at radius 2 is 1.93 bits per heavy atom. The van der Waals surface area contributed by atoms with Crippen LogP contribution in [0.3, 0.4) is 0 Å². The number of nitriles is 1. The zero-order valence-corrected chi connectivity index (χ0v) is 14.7. The van der Waals surface area contributed by atoms with E-state index in [2.05, 4.69) is 15.5 Å². The van der Waals surface area contributed by atoms with Gasteiger partial charge in [-0.3, -0.25) is 9.89 Å². The number of nitrogens with one attached hydrogen (secondary N) is 2. The van der Waals surface area contributed by atoms with E-state index in [0.717, 1.165) is 11.1 Å². The first kappa shape index (κ1) is 18.1. The fraction of sp³-hybridized carbons (Fsp3) is 0.0952. The third-order valence-electron chi connectivity index (χ3n) is 4.04. The van der Waals surface area contributed by atoms with Crippen LogP contribution in [0, 0.1) is 24.1 Å². The Kier molecular flexibility index (Phi) is 5.43. The van der Waals surface area contributed by atoms with E-state index in [4.69, 9.17) is 0 Å². The summed E-state index contributed by atoms with van der Waals surface area (Å²) in [5.74, 6) is -0.812. The van der Waals surface area contributed by atoms with Crippen molar-refractivity contribution in [1.29, 1.82) is 5.26 Å². The van der Waals surface area contributed by atoms with E-state index in [1.54, 1.807) is 12.1 Å². The van der Waals surface area contributed by atoms with Crippen LogP contribution >= 0.6 is 0 Å². The summed E-state index contributed by atoms with van der Waals surface area (Å²) in [4.78, 5) is 12.4. The maximum Gasteiger partial charge on any atom is 0.262 e. The Labute approximate surface area is 156 Å². The largest absolute Gasteiger partial charge is 0.347 e. The maximum atomic E-state index is 13.1. The fourth-order valence-electron chi connectivity index (χ4n) is 2.54. The Morgan fingerprint density at radius 1 is 1.22 bits per heavy atom. The molecule has 0 aliphatic rings. The number of rotatable bonds is 5. The van der Waals surface area contributed by atoms with Crippen molar-refractivity contribution in [1.82, 2.24) is 15.5 Å². The number of carbonyl (C=O) groups excluding carboxylic acids is 1. The van der Waals surface area contributed by atoms with Crippen molar-refractivity contribution in [2.24, 2.45) is 0 Å². The van der Waals surface area contributed by atoms with Gasteiger partial charge in [0.05, 0.1) is 11.9 Å². The Bertz CT molecular complexity index is 1010. The van der Waals surface area contributed by atoms with Crippen molar-refractivity contribution in [3.8, 4) is 17.3 Å². The smallest absolute Gasteiger partial charge is 0.262 e. The molecule has 0 saturated carbocycles. The number of benzene rings is 2. The van der Waals surface area contributed by atoms with E-state index in [9.17, 15) is 14.4 Å². The second kappa shape index (κ2) is 8.11. The van der Waals surface area contributed by atoms with Gasteiger partial charge in [0.15, 0.2) is 0 Å². The number of H-pyrrole nitrogens is 1. The van der Waals surface area contributed by atoms with Gasteiger partial charge in [0, 0.05) is 17.7 Å². The van der Waals surface area contributed by atoms with Gasteiger partial charge in [0.2, 0.25) is 0 Å². The number of nitrogens with zero attached hydrogens (tertiary/aromatic N) is 2. The second-order valence-corrected chi connectivity index (χ2v) is 6.05. The molecule has 3 aromatic rings. The number of aromatic amines is 1. The summed E-state index contributed by atoms with van der Waals surface area (Å²) in [6.45, 7) is 2.32. The van der Waals surface area contributed by atoms with Gasteiger partial charge >= 0.3 is 0 Å². The predicted octanol–water partition coefficient (Wildman–Crippen LogP) is 3.75. The molecule has 0 bridgehead atoms. The highest BCUT2D eigenvalue weighted by Gasteiger charge is 2.12. The molecule has 2 N–H and O–H groups in total. The van der Waals surface area contributed by atoms with Crippen LogP contribution in [0.25, 0.3) is 17.3 Å². The lowest BCUT2D eigenvalue weighted by Crippen LogP contribution is -2.23. The molecule has 0 spiro atoms. The molecule has 0 saturated heterocycles. The van der Waals surface area contributed by atoms with Gasteiger partial charge in [-0.15, -0.1) is 0 Å². The standard InChI is InChI=1S/C21H17FN4O/c1-14-2-4-15(5-3-14)12-24-21(27)17(11-23)10-18-13-25-26-20(18)16-6-8-19(22)9-7-16/h2-10,13H,12H2,1H3,(H,24,27)(H,25,26). The fourth-order valence-corrected chi connectivity index (χ4v) is 2.54. The molecular formula is C21H17FN4O. The van der Waals surface area contributed by atoms with E-state index < -0.39 is 5.91 Å². The van der Waals surface area contributed by atoms with E-state index in [1.165, 1.54) is 24.4 Å². The number of aryl methyl sites for hydroxylation is 1. The summed E-state index contributed by atoms with van der Waals surface area (Å²) in [6, 6.07) is 15.6. The molecule has 1 amide bonds. The van der Waals surface area contributed by atoms with Crippen LogP contribution in [0.5, 0.6) is 0 Å². The molecular weight excluding hydrogens is 343 g/mol. The van der Waals surface area contributed by atoms with Gasteiger partial charge in [-0.25, -0.2) is 4.39 Å². The topological polar surface area (TPSA) is 81.6 Å². The molecule has 134 valence electrons. The van der Waals surface area contributed by atoms with Gasteiger partial charge in [-0.2, -0.15) is 10.4 Å². The number of carbonyl (C=O) groups is 1. The van der Waals surface area contributed by atoms with Crippen LogP contribution in [0.4, 0.5) is 4.39 Å². The minimum Gasteiger partial charge on any atom is -0.347 e. The number of hydrogen-bond donors (Lipinski definition) is 2. The van der Waals surface area contributed by atoms with Crippen molar-refractivity contribution in [3.05, 3.63) is 82.8 Å². The Balaban J connectivity index is 1.77. The summed E-state index contributed by atoms with van der Waals surface area (Å²) < 4.78 is 13.1. The van der Waals surface area contributed by atoms with E-state index >= 15 is 0 Å². The molecule has 0 aliphatic heterocycles. The van der Waals surface area contributed by atoms with E-state index in [-0.39, 0.29) is 11.4 Å². The number of halogens is 1. The summed E-state index contributed by atoms with van der Waals surface area (Å²) in [7, 11) is 0. The van der Waals surface area contributed by atoms with Gasteiger partial charge in [-0.05, 0) is 42.8 Å². The lowest BCUT2D eigenvalue weighted by atomic mass is 10.1.